The first-order chi connectivity index (χ1) is 14.4. The number of hydrogen-bond donors (Lipinski definition) is 0. The highest BCUT2D eigenvalue weighted by atomic mass is 16.6. The molecule has 1 atom stereocenters. The van der Waals surface area contributed by atoms with Crippen molar-refractivity contribution in [1.82, 2.24) is 4.90 Å². The quantitative estimate of drug-likeness (QED) is 0.375. The molecule has 0 spiro atoms. The highest BCUT2D eigenvalue weighted by Crippen LogP contribution is 2.23. The summed E-state index contributed by atoms with van der Waals surface area (Å²) in [6.07, 6.45) is 4.39. The van der Waals surface area contributed by atoms with Crippen LogP contribution < -0.4 is 4.74 Å². The molecule has 0 aromatic heterocycles. The largest absolute Gasteiger partial charge is 0.482 e. The summed E-state index contributed by atoms with van der Waals surface area (Å²) >= 11 is 0. The van der Waals surface area contributed by atoms with Gasteiger partial charge in [0.1, 0.15) is 5.75 Å². The van der Waals surface area contributed by atoms with Crippen LogP contribution in [0, 0.1) is 5.92 Å². The second-order valence-corrected chi connectivity index (χ2v) is 8.40. The molecule has 1 heterocycles. The number of Topliss-reactive ketones (excluding diaryl/α,β-unsaturated/α-hetero) is 1. The number of unbranched alkanes of at least 4 members (excludes halogenated alkanes) is 1. The second kappa shape index (κ2) is 12.1. The third kappa shape index (κ3) is 7.10. The Morgan fingerprint density at radius 1 is 1.13 bits per heavy atom. The van der Waals surface area contributed by atoms with Gasteiger partial charge in [0.25, 0.3) is 0 Å². The van der Waals surface area contributed by atoms with Gasteiger partial charge in [0.15, 0.2) is 12.4 Å². The SMILES string of the molecule is CCCCC(CC)COC(=O)COc1ccc(C(=O)C(C)(C)N2CCOCC2)cc1. The lowest BCUT2D eigenvalue weighted by Crippen LogP contribution is -2.54. The van der Waals surface area contributed by atoms with Gasteiger partial charge in [0.05, 0.1) is 25.4 Å². The Bertz CT molecular complexity index is 665. The van der Waals surface area contributed by atoms with E-state index in [1.54, 1.807) is 24.3 Å². The zero-order valence-electron chi connectivity index (χ0n) is 18.9. The van der Waals surface area contributed by atoms with Crippen molar-refractivity contribution in [2.45, 2.75) is 58.9 Å². The van der Waals surface area contributed by atoms with Gasteiger partial charge in [-0.3, -0.25) is 9.69 Å². The fraction of sp³-hybridized carbons (Fsp3) is 0.667. The summed E-state index contributed by atoms with van der Waals surface area (Å²) in [6, 6.07) is 6.96. The zero-order chi connectivity index (χ0) is 22.0. The molecule has 0 radical (unpaired) electrons. The molecule has 30 heavy (non-hydrogen) atoms. The molecular weight excluding hydrogens is 382 g/mol. The summed E-state index contributed by atoms with van der Waals surface area (Å²) in [5.41, 5.74) is 0.0342. The van der Waals surface area contributed by atoms with E-state index in [2.05, 4.69) is 18.7 Å². The number of ether oxygens (including phenoxy) is 3. The summed E-state index contributed by atoms with van der Waals surface area (Å²) in [6.45, 7) is 11.3. The average Bonchev–Trinajstić information content (AvgIpc) is 2.78. The lowest BCUT2D eigenvalue weighted by Gasteiger charge is -2.39. The molecule has 1 saturated heterocycles. The van der Waals surface area contributed by atoms with Crippen molar-refractivity contribution in [2.75, 3.05) is 39.5 Å². The van der Waals surface area contributed by atoms with Crippen molar-refractivity contribution in [3.63, 3.8) is 0 Å². The average molecular weight is 420 g/mol. The number of esters is 1. The van der Waals surface area contributed by atoms with E-state index in [4.69, 9.17) is 14.2 Å². The minimum absolute atomic E-state index is 0.0630. The first-order valence-electron chi connectivity index (χ1n) is 11.1. The minimum Gasteiger partial charge on any atom is -0.482 e. The number of ketones is 1. The molecule has 0 aliphatic carbocycles. The number of carbonyl (C=O) groups is 2. The maximum atomic E-state index is 13.0. The molecule has 6 heteroatoms. The summed E-state index contributed by atoms with van der Waals surface area (Å²) in [5, 5.41) is 0. The van der Waals surface area contributed by atoms with Gasteiger partial charge in [-0.2, -0.15) is 0 Å². The van der Waals surface area contributed by atoms with Gasteiger partial charge in [0.2, 0.25) is 0 Å². The number of morpholine rings is 1. The van der Waals surface area contributed by atoms with E-state index in [0.29, 0.717) is 37.1 Å². The zero-order valence-corrected chi connectivity index (χ0v) is 18.9. The standard InChI is InChI=1S/C24H37NO5/c1-5-7-8-19(6-2)17-30-22(26)18-29-21-11-9-20(10-12-21)23(27)24(3,4)25-13-15-28-16-14-25/h9-12,19H,5-8,13-18H2,1-4H3. The first-order valence-corrected chi connectivity index (χ1v) is 11.1. The number of benzene rings is 1. The van der Waals surface area contributed by atoms with Gasteiger partial charge in [0, 0.05) is 18.7 Å². The molecule has 1 aliphatic heterocycles. The molecule has 2 rings (SSSR count). The highest BCUT2D eigenvalue weighted by molar-refractivity contribution is 6.02. The van der Waals surface area contributed by atoms with Crippen LogP contribution in [0.4, 0.5) is 0 Å². The van der Waals surface area contributed by atoms with E-state index in [9.17, 15) is 9.59 Å². The summed E-state index contributed by atoms with van der Waals surface area (Å²) < 4.78 is 16.3. The first kappa shape index (κ1) is 24.4. The fourth-order valence-corrected chi connectivity index (χ4v) is 3.61. The maximum absolute atomic E-state index is 13.0. The van der Waals surface area contributed by atoms with Gasteiger partial charge in [-0.05, 0) is 50.5 Å². The second-order valence-electron chi connectivity index (χ2n) is 8.40. The van der Waals surface area contributed by atoms with Crippen LogP contribution in [0.15, 0.2) is 24.3 Å². The third-order valence-electron chi connectivity index (χ3n) is 5.85. The molecule has 1 aromatic carbocycles. The Kier molecular flexibility index (Phi) is 9.79. The smallest absolute Gasteiger partial charge is 0.344 e. The predicted molar refractivity (Wildman–Crippen MR) is 117 cm³/mol. The highest BCUT2D eigenvalue weighted by Gasteiger charge is 2.35. The Morgan fingerprint density at radius 3 is 2.40 bits per heavy atom. The predicted octanol–water partition coefficient (Wildman–Crippen LogP) is 4.12. The molecule has 1 aliphatic rings. The molecule has 0 N–H and O–H groups in total. The van der Waals surface area contributed by atoms with Crippen LogP contribution in [-0.4, -0.2) is 61.7 Å². The number of carbonyl (C=O) groups excluding carboxylic acids is 2. The van der Waals surface area contributed by atoms with Crippen molar-refractivity contribution in [1.29, 1.82) is 0 Å². The molecule has 168 valence electrons. The summed E-state index contributed by atoms with van der Waals surface area (Å²) in [7, 11) is 0. The van der Waals surface area contributed by atoms with E-state index < -0.39 is 5.54 Å². The Hall–Kier alpha value is -1.92. The van der Waals surface area contributed by atoms with E-state index in [1.165, 1.54) is 0 Å². The Labute approximate surface area is 180 Å². The third-order valence-corrected chi connectivity index (χ3v) is 5.85. The number of rotatable bonds is 12. The molecule has 1 aromatic rings. The maximum Gasteiger partial charge on any atom is 0.344 e. The Morgan fingerprint density at radius 2 is 1.80 bits per heavy atom. The monoisotopic (exact) mass is 419 g/mol. The van der Waals surface area contributed by atoms with Crippen LogP contribution >= 0.6 is 0 Å². The van der Waals surface area contributed by atoms with Crippen LogP contribution in [0.2, 0.25) is 0 Å². The van der Waals surface area contributed by atoms with Crippen molar-refractivity contribution in [3.05, 3.63) is 29.8 Å². The van der Waals surface area contributed by atoms with Gasteiger partial charge in [-0.1, -0.05) is 33.1 Å². The number of hydrogen-bond acceptors (Lipinski definition) is 6. The summed E-state index contributed by atoms with van der Waals surface area (Å²) in [4.78, 5) is 27.1. The van der Waals surface area contributed by atoms with Crippen molar-refractivity contribution in [2.24, 2.45) is 5.92 Å². The fourth-order valence-electron chi connectivity index (χ4n) is 3.61. The number of nitrogens with zero attached hydrogens (tertiary/aromatic N) is 1. The lowest BCUT2D eigenvalue weighted by molar-refractivity contribution is -0.147. The van der Waals surface area contributed by atoms with E-state index in [0.717, 1.165) is 38.8 Å². The molecule has 6 nitrogen and oxygen atoms in total. The van der Waals surface area contributed by atoms with Gasteiger partial charge < -0.3 is 14.2 Å². The van der Waals surface area contributed by atoms with Crippen LogP contribution in [0.3, 0.4) is 0 Å². The van der Waals surface area contributed by atoms with Gasteiger partial charge >= 0.3 is 5.97 Å². The Balaban J connectivity index is 1.82. The van der Waals surface area contributed by atoms with E-state index in [-0.39, 0.29) is 18.4 Å². The molecule has 0 saturated carbocycles. The molecule has 1 fully saturated rings. The van der Waals surface area contributed by atoms with Gasteiger partial charge in [-0.25, -0.2) is 4.79 Å². The topological polar surface area (TPSA) is 65.1 Å². The molecule has 0 bridgehead atoms. The van der Waals surface area contributed by atoms with Crippen molar-refractivity contribution < 1.29 is 23.8 Å². The van der Waals surface area contributed by atoms with Crippen molar-refractivity contribution in [3.8, 4) is 5.75 Å². The van der Waals surface area contributed by atoms with Crippen LogP contribution in [0.1, 0.15) is 63.7 Å². The molecule has 1 unspecified atom stereocenters. The van der Waals surface area contributed by atoms with E-state index >= 15 is 0 Å². The van der Waals surface area contributed by atoms with E-state index in [1.807, 2.05) is 13.8 Å². The summed E-state index contributed by atoms with van der Waals surface area (Å²) in [5.74, 6) is 0.659. The minimum atomic E-state index is -0.594. The van der Waals surface area contributed by atoms with Crippen LogP contribution in [0.25, 0.3) is 0 Å². The van der Waals surface area contributed by atoms with Gasteiger partial charge in [-0.15, -0.1) is 0 Å². The van der Waals surface area contributed by atoms with Crippen LogP contribution in [0.5, 0.6) is 5.75 Å². The molecular formula is C24H37NO5. The van der Waals surface area contributed by atoms with Crippen molar-refractivity contribution >= 4 is 11.8 Å². The molecule has 0 amide bonds. The van der Waals surface area contributed by atoms with Crippen LogP contribution in [-0.2, 0) is 14.3 Å². The normalized spacial score (nSPS) is 16.1. The lowest BCUT2D eigenvalue weighted by atomic mass is 9.91.